The number of azo groups is 2. The molecule has 8 heteroatoms. The fourth-order valence-electron chi connectivity index (χ4n) is 2.79. The predicted molar refractivity (Wildman–Crippen MR) is 109 cm³/mol. The summed E-state index contributed by atoms with van der Waals surface area (Å²) in [6.45, 7) is 0. The van der Waals surface area contributed by atoms with E-state index in [1.165, 1.54) is 0 Å². The summed E-state index contributed by atoms with van der Waals surface area (Å²) in [5.74, 6) is 0. The largest absolute Gasteiger partial charge is 0.288 e. The lowest BCUT2D eigenvalue weighted by Gasteiger charge is -2.23. The Morgan fingerprint density at radius 2 is 1.04 bits per heavy atom. The summed E-state index contributed by atoms with van der Waals surface area (Å²) in [4.78, 5) is 3.78. The Hall–Kier alpha value is -2.84. The van der Waals surface area contributed by atoms with Crippen molar-refractivity contribution in [1.82, 2.24) is 0 Å². The maximum atomic E-state index is 5.33. The molecule has 0 spiro atoms. The summed E-state index contributed by atoms with van der Waals surface area (Å²) in [5.41, 5.74) is 1.89. The normalized spacial score (nSPS) is 22.2. The van der Waals surface area contributed by atoms with Crippen molar-refractivity contribution in [2.45, 2.75) is 12.3 Å². The highest BCUT2D eigenvalue weighted by atomic mass is 32.1. The molecule has 0 fully saturated rings. The first-order chi connectivity index (χ1) is 12.7. The van der Waals surface area contributed by atoms with Gasteiger partial charge in [-0.15, -0.1) is 10.2 Å². The van der Waals surface area contributed by atoms with Gasteiger partial charge in [-0.2, -0.15) is 10.2 Å². The van der Waals surface area contributed by atoms with Gasteiger partial charge in [-0.25, -0.2) is 0 Å². The average Bonchev–Trinajstić information content (AvgIpc) is 3.23. The Morgan fingerprint density at radius 3 is 1.42 bits per heavy atom. The molecular formula is C18H14N6S2. The number of thiocarbonyl (C=S) groups is 2. The first kappa shape index (κ1) is 16.6. The van der Waals surface area contributed by atoms with E-state index in [4.69, 9.17) is 24.4 Å². The molecule has 0 saturated heterocycles. The van der Waals surface area contributed by atoms with Crippen LogP contribution in [0.1, 0.15) is 0 Å². The van der Waals surface area contributed by atoms with Gasteiger partial charge in [-0.05, 0) is 60.9 Å². The van der Waals surface area contributed by atoms with Crippen molar-refractivity contribution < 1.29 is 0 Å². The highest BCUT2D eigenvalue weighted by molar-refractivity contribution is 7.80. The third-order valence-electron chi connectivity index (χ3n) is 3.99. The second-order valence-corrected chi connectivity index (χ2v) is 6.35. The van der Waals surface area contributed by atoms with Crippen LogP contribution < -0.4 is 9.80 Å². The van der Waals surface area contributed by atoms with Crippen LogP contribution in [0.2, 0.25) is 0 Å². The first-order valence-electron chi connectivity index (χ1n) is 8.00. The lowest BCUT2D eigenvalue weighted by atomic mass is 10.2. The zero-order chi connectivity index (χ0) is 17.9. The Bertz CT molecular complexity index is 834. The summed E-state index contributed by atoms with van der Waals surface area (Å²) in [6, 6.07) is 19.6. The van der Waals surface area contributed by atoms with Crippen molar-refractivity contribution in [2.24, 2.45) is 20.5 Å². The van der Waals surface area contributed by atoms with Crippen LogP contribution >= 0.6 is 24.4 Å². The average molecular weight is 378 g/mol. The third kappa shape index (κ3) is 3.16. The van der Waals surface area contributed by atoms with Crippen LogP contribution in [-0.2, 0) is 0 Å². The standard InChI is InChI=1S/C18H14N6S2/c25-17-21-19-15(23(17)13-7-3-1-4-8-13)11-12-16-20-22-18(26)24(16)14-9-5-2-6-10-14/h1-12,15-16H. The number of anilines is 2. The van der Waals surface area contributed by atoms with Gasteiger partial charge in [0.05, 0.1) is 0 Å². The minimum atomic E-state index is -0.313. The first-order valence-corrected chi connectivity index (χ1v) is 8.82. The quantitative estimate of drug-likeness (QED) is 0.571. The fraction of sp³-hybridized carbons (Fsp3) is 0.111. The summed E-state index contributed by atoms with van der Waals surface area (Å²) < 4.78 is 0. The highest BCUT2D eigenvalue weighted by Gasteiger charge is 2.29. The Kier molecular flexibility index (Phi) is 4.59. The van der Waals surface area contributed by atoms with Crippen LogP contribution in [0, 0.1) is 0 Å². The molecule has 2 aromatic rings. The molecule has 0 aromatic heterocycles. The maximum absolute atomic E-state index is 5.33. The monoisotopic (exact) mass is 378 g/mol. The van der Waals surface area contributed by atoms with E-state index in [0.717, 1.165) is 11.4 Å². The molecule has 0 radical (unpaired) electrons. The summed E-state index contributed by atoms with van der Waals surface area (Å²) in [6.07, 6.45) is 3.21. The van der Waals surface area contributed by atoms with E-state index in [1.807, 2.05) is 82.6 Å². The minimum absolute atomic E-state index is 0.313. The van der Waals surface area contributed by atoms with Crippen molar-refractivity contribution in [3.63, 3.8) is 0 Å². The predicted octanol–water partition coefficient (Wildman–Crippen LogP) is 4.71. The van der Waals surface area contributed by atoms with Crippen LogP contribution in [0.3, 0.4) is 0 Å². The SMILES string of the molecule is S=C1N=NC(C=CC2N=NC(=S)N2c2ccccc2)N1c1ccccc1. The molecule has 2 atom stereocenters. The van der Waals surface area contributed by atoms with Gasteiger partial charge >= 0.3 is 0 Å². The third-order valence-corrected chi connectivity index (χ3v) is 4.55. The van der Waals surface area contributed by atoms with Crippen LogP contribution in [0.5, 0.6) is 0 Å². The second-order valence-electron chi connectivity index (χ2n) is 5.62. The van der Waals surface area contributed by atoms with Gasteiger partial charge in [-0.3, -0.25) is 9.80 Å². The smallest absolute Gasteiger partial charge is 0.222 e. The van der Waals surface area contributed by atoms with Gasteiger partial charge in [0.25, 0.3) is 0 Å². The van der Waals surface area contributed by atoms with Crippen molar-refractivity contribution in [2.75, 3.05) is 9.80 Å². The number of rotatable bonds is 4. The Labute approximate surface area is 161 Å². The number of para-hydroxylation sites is 2. The maximum Gasteiger partial charge on any atom is 0.222 e. The van der Waals surface area contributed by atoms with Gasteiger partial charge < -0.3 is 0 Å². The van der Waals surface area contributed by atoms with Crippen LogP contribution in [-0.4, -0.2) is 22.6 Å². The van der Waals surface area contributed by atoms with Gasteiger partial charge in [-0.1, -0.05) is 36.4 Å². The number of nitrogens with zero attached hydrogens (tertiary/aromatic N) is 6. The molecule has 0 saturated carbocycles. The topological polar surface area (TPSA) is 55.9 Å². The second kappa shape index (κ2) is 7.19. The molecule has 4 rings (SSSR count). The van der Waals surface area contributed by atoms with Crippen molar-refractivity contribution in [3.8, 4) is 0 Å². The molecule has 26 heavy (non-hydrogen) atoms. The number of hydrogen-bond donors (Lipinski definition) is 0. The molecule has 2 aliphatic rings. The van der Waals surface area contributed by atoms with E-state index < -0.39 is 0 Å². The highest BCUT2D eigenvalue weighted by Crippen LogP contribution is 2.27. The van der Waals surface area contributed by atoms with Gasteiger partial charge in [0.15, 0.2) is 12.3 Å². The van der Waals surface area contributed by atoms with E-state index in [9.17, 15) is 0 Å². The molecule has 0 N–H and O–H groups in total. The molecule has 2 aliphatic heterocycles. The van der Waals surface area contributed by atoms with Crippen LogP contribution in [0.4, 0.5) is 11.4 Å². The van der Waals surface area contributed by atoms with E-state index in [2.05, 4.69) is 20.5 Å². The van der Waals surface area contributed by atoms with Crippen LogP contribution in [0.25, 0.3) is 0 Å². The van der Waals surface area contributed by atoms with E-state index >= 15 is 0 Å². The Balaban J connectivity index is 1.57. The molecule has 2 unspecified atom stereocenters. The zero-order valence-corrected chi connectivity index (χ0v) is 15.2. The van der Waals surface area contributed by atoms with Gasteiger partial charge in [0, 0.05) is 11.4 Å². The molecule has 2 aromatic carbocycles. The zero-order valence-electron chi connectivity index (χ0n) is 13.6. The van der Waals surface area contributed by atoms with Gasteiger partial charge in [0.2, 0.25) is 10.2 Å². The fourth-order valence-corrected chi connectivity index (χ4v) is 3.32. The molecular weight excluding hydrogens is 364 g/mol. The van der Waals surface area contributed by atoms with E-state index in [-0.39, 0.29) is 12.3 Å². The van der Waals surface area contributed by atoms with E-state index in [0.29, 0.717) is 10.2 Å². The molecule has 2 heterocycles. The lowest BCUT2D eigenvalue weighted by molar-refractivity contribution is 0.817. The van der Waals surface area contributed by atoms with Crippen molar-refractivity contribution >= 4 is 46.0 Å². The molecule has 6 nitrogen and oxygen atoms in total. The van der Waals surface area contributed by atoms with Crippen LogP contribution in [0.15, 0.2) is 93.3 Å². The molecule has 0 bridgehead atoms. The summed E-state index contributed by atoms with van der Waals surface area (Å²) in [7, 11) is 0. The van der Waals surface area contributed by atoms with Crippen molar-refractivity contribution in [1.29, 1.82) is 0 Å². The van der Waals surface area contributed by atoms with E-state index in [1.54, 1.807) is 0 Å². The summed E-state index contributed by atoms with van der Waals surface area (Å²) in [5, 5.41) is 17.5. The summed E-state index contributed by atoms with van der Waals surface area (Å²) >= 11 is 10.7. The minimum Gasteiger partial charge on any atom is -0.288 e. The Morgan fingerprint density at radius 1 is 0.654 bits per heavy atom. The van der Waals surface area contributed by atoms with Crippen molar-refractivity contribution in [3.05, 3.63) is 72.8 Å². The van der Waals surface area contributed by atoms with Gasteiger partial charge in [0.1, 0.15) is 0 Å². The number of hydrogen-bond acceptors (Lipinski definition) is 4. The molecule has 0 aliphatic carbocycles. The molecule has 0 amide bonds. The number of benzene rings is 2. The molecule has 128 valence electrons. The lowest BCUT2D eigenvalue weighted by Crippen LogP contribution is -2.33.